The van der Waals surface area contributed by atoms with Gasteiger partial charge in [0.25, 0.3) is 0 Å². The van der Waals surface area contributed by atoms with Gasteiger partial charge in [-0.25, -0.2) is 4.98 Å². The normalized spacial score (nSPS) is 12.3. The first-order valence-electron chi connectivity index (χ1n) is 7.71. The van der Waals surface area contributed by atoms with Crippen molar-refractivity contribution in [3.63, 3.8) is 0 Å². The minimum atomic E-state index is -0.121. The zero-order chi connectivity index (χ0) is 17.1. The number of aromatic nitrogens is 3. The molecule has 1 atom stereocenters. The van der Waals surface area contributed by atoms with Crippen LogP contribution in [0.15, 0.2) is 33.2 Å². The summed E-state index contributed by atoms with van der Waals surface area (Å²) in [4.78, 5) is 8.78. The van der Waals surface area contributed by atoms with Gasteiger partial charge in [-0.2, -0.15) is 4.98 Å². The van der Waals surface area contributed by atoms with Crippen molar-refractivity contribution in [1.29, 1.82) is 0 Å². The molecule has 0 amide bonds. The zero-order valence-electron chi connectivity index (χ0n) is 14.2. The zero-order valence-corrected chi connectivity index (χ0v) is 14.2. The van der Waals surface area contributed by atoms with Crippen LogP contribution < -0.4 is 10.1 Å². The van der Waals surface area contributed by atoms with Crippen molar-refractivity contribution in [3.8, 4) is 17.1 Å². The van der Waals surface area contributed by atoms with Crippen molar-refractivity contribution in [2.75, 3.05) is 7.11 Å². The Bertz CT molecular complexity index is 805. The molecule has 0 spiro atoms. The summed E-state index contributed by atoms with van der Waals surface area (Å²) in [5.41, 5.74) is 1.74. The molecule has 3 aromatic rings. The average molecular weight is 328 g/mol. The summed E-state index contributed by atoms with van der Waals surface area (Å²) >= 11 is 0. The van der Waals surface area contributed by atoms with E-state index in [-0.39, 0.29) is 6.04 Å². The molecule has 3 rings (SSSR count). The van der Waals surface area contributed by atoms with Crippen molar-refractivity contribution in [2.45, 2.75) is 33.4 Å². The fraction of sp³-hybridized carbons (Fsp3) is 0.353. The quantitative estimate of drug-likeness (QED) is 0.743. The molecule has 0 radical (unpaired) electrons. The van der Waals surface area contributed by atoms with Gasteiger partial charge < -0.3 is 13.7 Å². The topological polar surface area (TPSA) is 86.2 Å². The molecule has 7 heteroatoms. The van der Waals surface area contributed by atoms with Crippen LogP contribution in [-0.2, 0) is 6.54 Å². The van der Waals surface area contributed by atoms with Crippen LogP contribution in [0, 0.1) is 13.8 Å². The van der Waals surface area contributed by atoms with E-state index in [4.69, 9.17) is 13.7 Å². The first-order chi connectivity index (χ1) is 11.6. The van der Waals surface area contributed by atoms with E-state index in [2.05, 4.69) is 20.4 Å². The molecule has 2 aromatic heterocycles. The molecule has 24 heavy (non-hydrogen) atoms. The van der Waals surface area contributed by atoms with Gasteiger partial charge in [-0.05, 0) is 32.9 Å². The molecule has 126 valence electrons. The number of aryl methyl sites for hydroxylation is 2. The summed E-state index contributed by atoms with van der Waals surface area (Å²) < 4.78 is 16.1. The monoisotopic (exact) mass is 328 g/mol. The predicted octanol–water partition coefficient (Wildman–Crippen LogP) is 3.20. The second-order valence-corrected chi connectivity index (χ2v) is 5.54. The molecule has 0 aliphatic rings. The predicted molar refractivity (Wildman–Crippen MR) is 87.5 cm³/mol. The first kappa shape index (κ1) is 16.2. The maximum absolute atomic E-state index is 5.55. The van der Waals surface area contributed by atoms with Gasteiger partial charge >= 0.3 is 0 Å². The summed E-state index contributed by atoms with van der Waals surface area (Å²) in [7, 11) is 1.62. The van der Waals surface area contributed by atoms with Crippen LogP contribution >= 0.6 is 0 Å². The fourth-order valence-electron chi connectivity index (χ4n) is 2.23. The molecule has 1 aromatic carbocycles. The number of oxazole rings is 1. The van der Waals surface area contributed by atoms with Gasteiger partial charge in [-0.15, -0.1) is 0 Å². The molecule has 7 nitrogen and oxygen atoms in total. The van der Waals surface area contributed by atoms with Gasteiger partial charge in [0.1, 0.15) is 11.5 Å². The van der Waals surface area contributed by atoms with Gasteiger partial charge in [0, 0.05) is 5.56 Å². The highest BCUT2D eigenvalue weighted by Gasteiger charge is 2.16. The van der Waals surface area contributed by atoms with Gasteiger partial charge in [-0.1, -0.05) is 17.3 Å². The largest absolute Gasteiger partial charge is 0.497 e. The van der Waals surface area contributed by atoms with Crippen molar-refractivity contribution in [1.82, 2.24) is 20.4 Å². The number of ether oxygens (including phenoxy) is 1. The van der Waals surface area contributed by atoms with Gasteiger partial charge in [-0.3, -0.25) is 5.32 Å². The Morgan fingerprint density at radius 1 is 1.25 bits per heavy atom. The number of hydrogen-bond acceptors (Lipinski definition) is 7. The molecule has 1 unspecified atom stereocenters. The van der Waals surface area contributed by atoms with Crippen molar-refractivity contribution in [3.05, 3.63) is 47.5 Å². The molecule has 0 saturated carbocycles. The number of nitrogens with one attached hydrogen (secondary N) is 1. The van der Waals surface area contributed by atoms with Crippen molar-refractivity contribution in [2.24, 2.45) is 0 Å². The third kappa shape index (κ3) is 3.46. The van der Waals surface area contributed by atoms with Gasteiger partial charge in [0.2, 0.25) is 17.6 Å². The molecule has 0 saturated heterocycles. The van der Waals surface area contributed by atoms with Crippen molar-refractivity contribution < 1.29 is 13.7 Å². The van der Waals surface area contributed by atoms with E-state index in [9.17, 15) is 0 Å². The van der Waals surface area contributed by atoms with Crippen LogP contribution in [0.1, 0.15) is 36.2 Å². The molecular weight excluding hydrogens is 308 g/mol. The van der Waals surface area contributed by atoms with Crippen LogP contribution in [0.25, 0.3) is 11.4 Å². The maximum atomic E-state index is 5.55. The Labute approximate surface area is 140 Å². The van der Waals surface area contributed by atoms with Crippen LogP contribution in [0.5, 0.6) is 5.75 Å². The standard InChI is InChI=1S/C17H20N4O3/c1-10-12(3)23-15(19-10)9-18-11(2)17-20-16(21-24-17)13-6-5-7-14(8-13)22-4/h5-8,11,18H,9H2,1-4H3. The lowest BCUT2D eigenvalue weighted by atomic mass is 10.2. The van der Waals surface area contributed by atoms with Crippen LogP contribution in [-0.4, -0.2) is 22.2 Å². The molecular formula is C17H20N4O3. The molecule has 0 aliphatic heterocycles. The Morgan fingerprint density at radius 3 is 2.79 bits per heavy atom. The lowest BCUT2D eigenvalue weighted by Gasteiger charge is -2.06. The Hall–Kier alpha value is -2.67. The SMILES string of the molecule is COc1cccc(-c2noc(C(C)NCc3nc(C)c(C)o3)n2)c1. The lowest BCUT2D eigenvalue weighted by Crippen LogP contribution is -2.18. The van der Waals surface area contributed by atoms with E-state index in [1.54, 1.807) is 7.11 Å². The number of rotatable bonds is 6. The highest BCUT2D eigenvalue weighted by Crippen LogP contribution is 2.22. The van der Waals surface area contributed by atoms with Gasteiger partial charge in [0.15, 0.2) is 0 Å². The third-order valence-corrected chi connectivity index (χ3v) is 3.77. The van der Waals surface area contributed by atoms with Crippen LogP contribution in [0.4, 0.5) is 0 Å². The minimum Gasteiger partial charge on any atom is -0.497 e. The molecule has 0 aliphatic carbocycles. The van der Waals surface area contributed by atoms with Crippen molar-refractivity contribution >= 4 is 0 Å². The highest BCUT2D eigenvalue weighted by atomic mass is 16.5. The van der Waals surface area contributed by atoms with E-state index in [1.165, 1.54) is 0 Å². The Morgan fingerprint density at radius 2 is 2.08 bits per heavy atom. The number of benzene rings is 1. The summed E-state index contributed by atoms with van der Waals surface area (Å²) in [6.07, 6.45) is 0. The number of methoxy groups -OCH3 is 1. The van der Waals surface area contributed by atoms with E-state index in [0.717, 1.165) is 22.8 Å². The Balaban J connectivity index is 1.67. The fourth-order valence-corrected chi connectivity index (χ4v) is 2.23. The summed E-state index contributed by atoms with van der Waals surface area (Å²) in [5.74, 6) is 3.26. The highest BCUT2D eigenvalue weighted by molar-refractivity contribution is 5.56. The van der Waals surface area contributed by atoms with Gasteiger partial charge in [0.05, 0.1) is 25.4 Å². The number of nitrogens with zero attached hydrogens (tertiary/aromatic N) is 3. The smallest absolute Gasteiger partial charge is 0.243 e. The second kappa shape index (κ2) is 6.84. The Kier molecular flexibility index (Phi) is 4.61. The van der Waals surface area contributed by atoms with E-state index < -0.39 is 0 Å². The first-order valence-corrected chi connectivity index (χ1v) is 7.71. The van der Waals surface area contributed by atoms with Crippen LogP contribution in [0.2, 0.25) is 0 Å². The van der Waals surface area contributed by atoms with Crippen LogP contribution in [0.3, 0.4) is 0 Å². The maximum Gasteiger partial charge on any atom is 0.243 e. The van der Waals surface area contributed by atoms with E-state index in [1.807, 2.05) is 45.0 Å². The van der Waals surface area contributed by atoms with E-state index in [0.29, 0.717) is 24.2 Å². The second-order valence-electron chi connectivity index (χ2n) is 5.54. The summed E-state index contributed by atoms with van der Waals surface area (Å²) in [5, 5.41) is 7.30. The van der Waals surface area contributed by atoms with E-state index >= 15 is 0 Å². The summed E-state index contributed by atoms with van der Waals surface area (Å²) in [6.45, 7) is 6.26. The molecule has 0 bridgehead atoms. The average Bonchev–Trinajstić information content (AvgIpc) is 3.20. The molecule has 0 fully saturated rings. The summed E-state index contributed by atoms with van der Waals surface area (Å²) in [6, 6.07) is 7.41. The molecule has 2 heterocycles. The third-order valence-electron chi connectivity index (χ3n) is 3.77. The lowest BCUT2D eigenvalue weighted by molar-refractivity contribution is 0.331. The minimum absolute atomic E-state index is 0.121. The molecule has 1 N–H and O–H groups in total. The number of hydrogen-bond donors (Lipinski definition) is 1.